The third kappa shape index (κ3) is 4.62. The Kier molecular flexibility index (Phi) is 6.10. The van der Waals surface area contributed by atoms with Crippen LogP contribution in [0.4, 0.5) is 0 Å². The zero-order chi connectivity index (χ0) is 21.9. The van der Waals surface area contributed by atoms with Gasteiger partial charge < -0.3 is 15.2 Å². The van der Waals surface area contributed by atoms with E-state index in [1.807, 2.05) is 19.1 Å². The molecule has 1 aliphatic rings. The van der Waals surface area contributed by atoms with Crippen molar-refractivity contribution in [2.24, 2.45) is 0 Å². The minimum atomic E-state index is -0.454. The average Bonchev–Trinajstić information content (AvgIpc) is 2.68. The summed E-state index contributed by atoms with van der Waals surface area (Å²) in [4.78, 5) is 28.9. The highest BCUT2D eigenvalue weighted by Gasteiger charge is 2.28. The predicted molar refractivity (Wildman–Crippen MR) is 114 cm³/mol. The van der Waals surface area contributed by atoms with Crippen molar-refractivity contribution in [3.63, 3.8) is 0 Å². The van der Waals surface area contributed by atoms with E-state index in [1.165, 1.54) is 12.3 Å². The summed E-state index contributed by atoms with van der Waals surface area (Å²) in [6.07, 6.45) is 3.89. The van der Waals surface area contributed by atoms with Crippen molar-refractivity contribution < 1.29 is 19.4 Å². The molecule has 0 aliphatic carbocycles. The lowest BCUT2D eigenvalue weighted by molar-refractivity contribution is -0.114. The number of aromatic hydroxyl groups is 1. The third-order valence-corrected chi connectivity index (χ3v) is 4.79. The molecule has 2 heterocycles. The number of fused-ring (bicyclic) bond motifs is 1. The highest BCUT2D eigenvalue weighted by atomic mass is 16.5. The SMILES string of the molecule is CCCOc1cnc(CN/C=C2/C(=O)NC(=O)c3ccc(C(C)(C)C)cc32)cc1O. The first-order chi connectivity index (χ1) is 14.2. The Bertz CT molecular complexity index is 1010. The monoisotopic (exact) mass is 409 g/mol. The van der Waals surface area contributed by atoms with Crippen molar-refractivity contribution in [3.8, 4) is 11.5 Å². The molecule has 158 valence electrons. The second-order valence-corrected chi connectivity index (χ2v) is 8.22. The number of rotatable bonds is 6. The van der Waals surface area contributed by atoms with Gasteiger partial charge in [0.15, 0.2) is 11.5 Å². The lowest BCUT2D eigenvalue weighted by Gasteiger charge is -2.24. The molecule has 0 spiro atoms. The summed E-state index contributed by atoms with van der Waals surface area (Å²) >= 11 is 0. The number of hydrogen-bond donors (Lipinski definition) is 3. The number of imide groups is 1. The number of amides is 2. The first kappa shape index (κ1) is 21.4. The van der Waals surface area contributed by atoms with Gasteiger partial charge in [0, 0.05) is 23.4 Å². The molecule has 0 fully saturated rings. The molecule has 0 unspecified atom stereocenters. The highest BCUT2D eigenvalue weighted by Crippen LogP contribution is 2.30. The van der Waals surface area contributed by atoms with Crippen molar-refractivity contribution in [1.29, 1.82) is 0 Å². The number of ether oxygens (including phenoxy) is 1. The van der Waals surface area contributed by atoms with E-state index in [0.29, 0.717) is 41.3 Å². The molecule has 30 heavy (non-hydrogen) atoms. The number of carbonyl (C=O) groups excluding carboxylic acids is 2. The topological polar surface area (TPSA) is 101 Å². The van der Waals surface area contributed by atoms with Crippen LogP contribution in [0.1, 0.15) is 61.3 Å². The van der Waals surface area contributed by atoms with Gasteiger partial charge in [0.05, 0.1) is 30.6 Å². The Morgan fingerprint density at radius 3 is 2.60 bits per heavy atom. The number of carbonyl (C=O) groups is 2. The van der Waals surface area contributed by atoms with Crippen LogP contribution in [0.3, 0.4) is 0 Å². The zero-order valence-electron chi connectivity index (χ0n) is 17.7. The summed E-state index contributed by atoms with van der Waals surface area (Å²) in [5.41, 5.74) is 2.94. The first-order valence-electron chi connectivity index (χ1n) is 9.95. The second kappa shape index (κ2) is 8.57. The van der Waals surface area contributed by atoms with Gasteiger partial charge in [-0.1, -0.05) is 33.8 Å². The maximum Gasteiger partial charge on any atom is 0.260 e. The van der Waals surface area contributed by atoms with Gasteiger partial charge in [-0.25, -0.2) is 0 Å². The molecule has 0 saturated heterocycles. The molecule has 2 amide bonds. The molecule has 7 nitrogen and oxygen atoms in total. The van der Waals surface area contributed by atoms with Crippen LogP contribution in [0.2, 0.25) is 0 Å². The molecule has 1 aromatic heterocycles. The standard InChI is InChI=1S/C23H27N3O4/c1-5-8-30-20-13-25-15(10-19(20)27)11-24-12-18-17-9-14(23(2,3)4)6-7-16(17)21(28)26-22(18)29/h6-7,9-10,12-13,24H,5,8,11H2,1-4H3,(H,25,27)(H,26,28,29)/b18-12+. The minimum Gasteiger partial charge on any atom is -0.504 e. The van der Waals surface area contributed by atoms with Crippen LogP contribution < -0.4 is 15.4 Å². The Balaban J connectivity index is 1.82. The normalized spacial score (nSPS) is 15.0. The van der Waals surface area contributed by atoms with Gasteiger partial charge in [-0.15, -0.1) is 0 Å². The molecule has 1 aromatic carbocycles. The van der Waals surface area contributed by atoms with E-state index in [2.05, 4.69) is 36.4 Å². The fourth-order valence-corrected chi connectivity index (χ4v) is 3.09. The van der Waals surface area contributed by atoms with E-state index >= 15 is 0 Å². The molecule has 3 rings (SSSR count). The van der Waals surface area contributed by atoms with Gasteiger partial charge in [0.1, 0.15) is 0 Å². The number of nitrogens with zero attached hydrogens (tertiary/aromatic N) is 1. The van der Waals surface area contributed by atoms with Crippen LogP contribution in [-0.2, 0) is 16.8 Å². The number of aromatic nitrogens is 1. The van der Waals surface area contributed by atoms with Crippen molar-refractivity contribution in [2.75, 3.05) is 6.61 Å². The first-order valence-corrected chi connectivity index (χ1v) is 9.95. The Morgan fingerprint density at radius 2 is 1.93 bits per heavy atom. The van der Waals surface area contributed by atoms with Crippen molar-refractivity contribution in [1.82, 2.24) is 15.6 Å². The quantitative estimate of drug-likeness (QED) is 0.500. The van der Waals surface area contributed by atoms with Crippen molar-refractivity contribution in [2.45, 2.75) is 46.1 Å². The van der Waals surface area contributed by atoms with E-state index in [4.69, 9.17) is 4.74 Å². The maximum absolute atomic E-state index is 12.5. The van der Waals surface area contributed by atoms with Gasteiger partial charge in [0.25, 0.3) is 11.8 Å². The molecular formula is C23H27N3O4. The lowest BCUT2D eigenvalue weighted by atomic mass is 9.83. The van der Waals surface area contributed by atoms with Crippen LogP contribution in [-0.4, -0.2) is 28.5 Å². The molecular weight excluding hydrogens is 382 g/mol. The van der Waals surface area contributed by atoms with Crippen LogP contribution in [0.25, 0.3) is 5.57 Å². The van der Waals surface area contributed by atoms with Crippen molar-refractivity contribution >= 4 is 17.4 Å². The lowest BCUT2D eigenvalue weighted by Crippen LogP contribution is -2.37. The van der Waals surface area contributed by atoms with E-state index in [0.717, 1.165) is 12.0 Å². The summed E-state index contributed by atoms with van der Waals surface area (Å²) in [6.45, 7) is 9.00. The highest BCUT2D eigenvalue weighted by molar-refractivity contribution is 6.31. The smallest absolute Gasteiger partial charge is 0.260 e. The fraction of sp³-hybridized carbons (Fsp3) is 0.348. The largest absolute Gasteiger partial charge is 0.504 e. The molecule has 0 saturated carbocycles. The summed E-state index contributed by atoms with van der Waals surface area (Å²) < 4.78 is 5.41. The van der Waals surface area contributed by atoms with Gasteiger partial charge in [0.2, 0.25) is 0 Å². The van der Waals surface area contributed by atoms with Gasteiger partial charge in [-0.2, -0.15) is 0 Å². The molecule has 3 N–H and O–H groups in total. The summed E-state index contributed by atoms with van der Waals surface area (Å²) in [5, 5.41) is 15.5. The molecule has 7 heteroatoms. The maximum atomic E-state index is 12.5. The van der Waals surface area contributed by atoms with Gasteiger partial charge >= 0.3 is 0 Å². The number of pyridine rings is 1. The Morgan fingerprint density at radius 1 is 1.17 bits per heavy atom. The molecule has 0 atom stereocenters. The molecule has 0 bridgehead atoms. The average molecular weight is 409 g/mol. The van der Waals surface area contributed by atoms with Crippen LogP contribution in [0.15, 0.2) is 36.7 Å². The summed E-state index contributed by atoms with van der Waals surface area (Å²) in [5.74, 6) is -0.496. The molecule has 0 radical (unpaired) electrons. The van der Waals surface area contributed by atoms with E-state index in [-0.39, 0.29) is 11.2 Å². The van der Waals surface area contributed by atoms with Crippen LogP contribution in [0.5, 0.6) is 11.5 Å². The van der Waals surface area contributed by atoms with Crippen molar-refractivity contribution in [3.05, 3.63) is 59.0 Å². The van der Waals surface area contributed by atoms with Gasteiger partial charge in [-0.3, -0.25) is 19.9 Å². The number of benzene rings is 1. The number of hydrogen-bond acceptors (Lipinski definition) is 6. The van der Waals surface area contributed by atoms with Crippen LogP contribution in [0, 0.1) is 0 Å². The van der Waals surface area contributed by atoms with E-state index in [9.17, 15) is 14.7 Å². The van der Waals surface area contributed by atoms with E-state index < -0.39 is 11.8 Å². The zero-order valence-corrected chi connectivity index (χ0v) is 17.7. The van der Waals surface area contributed by atoms with E-state index in [1.54, 1.807) is 12.3 Å². The molecule has 1 aliphatic heterocycles. The number of nitrogens with one attached hydrogen (secondary N) is 2. The summed E-state index contributed by atoms with van der Waals surface area (Å²) in [6, 6.07) is 7.07. The van der Waals surface area contributed by atoms with Gasteiger partial charge in [-0.05, 0) is 29.5 Å². The third-order valence-electron chi connectivity index (χ3n) is 4.79. The Labute approximate surface area is 176 Å². The molecule has 2 aromatic rings. The minimum absolute atomic E-state index is 0.0177. The predicted octanol–water partition coefficient (Wildman–Crippen LogP) is 3.27. The Hall–Kier alpha value is -3.35. The second-order valence-electron chi connectivity index (χ2n) is 8.22. The fourth-order valence-electron chi connectivity index (χ4n) is 3.09. The summed E-state index contributed by atoms with van der Waals surface area (Å²) in [7, 11) is 0. The van der Waals surface area contributed by atoms with Crippen LogP contribution >= 0.6 is 0 Å².